The monoisotopic (exact) mass is 420 g/mol. The summed E-state index contributed by atoms with van der Waals surface area (Å²) in [4.78, 5) is 15.1. The number of nitrogens with zero attached hydrogens (tertiary/aromatic N) is 1. The van der Waals surface area contributed by atoms with Crippen molar-refractivity contribution in [3.05, 3.63) is 41.7 Å². The molecule has 29 heavy (non-hydrogen) atoms. The number of carbonyl (C=O) groups is 1. The van der Waals surface area contributed by atoms with E-state index < -0.39 is 9.84 Å². The van der Waals surface area contributed by atoms with Crippen molar-refractivity contribution in [3.63, 3.8) is 0 Å². The van der Waals surface area contributed by atoms with Crippen molar-refractivity contribution in [2.24, 2.45) is 17.8 Å². The maximum Gasteiger partial charge on any atom is 0.223 e. The predicted molar refractivity (Wildman–Crippen MR) is 111 cm³/mol. The van der Waals surface area contributed by atoms with E-state index in [2.05, 4.69) is 16.3 Å². The van der Waals surface area contributed by atoms with E-state index in [1.165, 1.54) is 12.1 Å². The first-order valence-corrected chi connectivity index (χ1v) is 12.4. The Kier molecular flexibility index (Phi) is 6.06. The maximum absolute atomic E-state index is 13.0. The van der Waals surface area contributed by atoms with Gasteiger partial charge in [-0.3, -0.25) is 9.69 Å². The van der Waals surface area contributed by atoms with Crippen molar-refractivity contribution in [2.45, 2.75) is 31.7 Å². The third kappa shape index (κ3) is 5.07. The molecule has 5 nitrogen and oxygen atoms in total. The summed E-state index contributed by atoms with van der Waals surface area (Å²) in [6.07, 6.45) is 7.31. The Bertz CT molecular complexity index is 841. The summed E-state index contributed by atoms with van der Waals surface area (Å²) < 4.78 is 36.2. The second kappa shape index (κ2) is 8.56. The number of carbonyl (C=O) groups excluding carboxylic acids is 1. The molecule has 1 unspecified atom stereocenters. The van der Waals surface area contributed by atoms with Crippen LogP contribution >= 0.6 is 0 Å². The highest BCUT2D eigenvalue weighted by Gasteiger charge is 2.43. The molecule has 4 rings (SSSR count). The molecule has 0 radical (unpaired) electrons. The molecule has 158 valence electrons. The van der Waals surface area contributed by atoms with Gasteiger partial charge in [0.2, 0.25) is 5.91 Å². The number of hydrogen-bond acceptors (Lipinski definition) is 4. The molecule has 1 aromatic rings. The summed E-state index contributed by atoms with van der Waals surface area (Å²) in [5, 5.41) is 3.27. The quantitative estimate of drug-likeness (QED) is 0.795. The number of amides is 1. The lowest BCUT2D eigenvalue weighted by Gasteiger charge is -2.38. The summed E-state index contributed by atoms with van der Waals surface area (Å²) >= 11 is 0. The second-order valence-corrected chi connectivity index (χ2v) is 11.0. The smallest absolute Gasteiger partial charge is 0.223 e. The molecule has 2 aliphatic heterocycles. The molecule has 1 amide bonds. The van der Waals surface area contributed by atoms with Gasteiger partial charge in [0.05, 0.1) is 11.5 Å². The number of halogens is 1. The van der Waals surface area contributed by atoms with E-state index in [4.69, 9.17) is 0 Å². The van der Waals surface area contributed by atoms with Crippen molar-refractivity contribution in [2.75, 3.05) is 31.1 Å². The van der Waals surface area contributed by atoms with Crippen LogP contribution in [-0.2, 0) is 14.6 Å². The zero-order valence-electron chi connectivity index (χ0n) is 16.6. The molecule has 2 heterocycles. The molecular formula is C22H29FN2O3S. The number of benzene rings is 1. The summed E-state index contributed by atoms with van der Waals surface area (Å²) in [7, 11) is -2.94. The van der Waals surface area contributed by atoms with E-state index in [-0.39, 0.29) is 35.2 Å². The summed E-state index contributed by atoms with van der Waals surface area (Å²) in [5.74, 6) is 0.861. The summed E-state index contributed by atoms with van der Waals surface area (Å²) in [6, 6.07) is 6.70. The van der Waals surface area contributed by atoms with Crippen LogP contribution in [0.3, 0.4) is 0 Å². The van der Waals surface area contributed by atoms with Crippen LogP contribution in [0.1, 0.15) is 31.2 Å². The van der Waals surface area contributed by atoms with Gasteiger partial charge in [-0.05, 0) is 55.2 Å². The van der Waals surface area contributed by atoms with Gasteiger partial charge in [-0.2, -0.15) is 0 Å². The first kappa shape index (κ1) is 20.5. The minimum absolute atomic E-state index is 0.0476. The van der Waals surface area contributed by atoms with Gasteiger partial charge in [-0.25, -0.2) is 12.8 Å². The molecule has 2 bridgehead atoms. The molecule has 3 aliphatic rings. The van der Waals surface area contributed by atoms with Crippen LogP contribution in [0.25, 0.3) is 6.08 Å². The number of piperidine rings is 1. The van der Waals surface area contributed by atoms with E-state index in [0.717, 1.165) is 38.0 Å². The highest BCUT2D eigenvalue weighted by molar-refractivity contribution is 7.91. The molecular weight excluding hydrogens is 391 g/mol. The number of likely N-dealkylation sites (tertiary alicyclic amines) is 1. The van der Waals surface area contributed by atoms with E-state index in [9.17, 15) is 17.6 Å². The first-order valence-electron chi connectivity index (χ1n) is 10.5. The predicted octanol–water partition coefficient (Wildman–Crippen LogP) is 2.49. The Morgan fingerprint density at radius 1 is 1.07 bits per heavy atom. The molecule has 7 heteroatoms. The van der Waals surface area contributed by atoms with Gasteiger partial charge in [0.25, 0.3) is 0 Å². The lowest BCUT2D eigenvalue weighted by molar-refractivity contribution is -0.126. The van der Waals surface area contributed by atoms with Crippen molar-refractivity contribution in [1.82, 2.24) is 10.2 Å². The van der Waals surface area contributed by atoms with Crippen molar-refractivity contribution < 1.29 is 17.6 Å². The fourth-order valence-electron chi connectivity index (χ4n) is 5.05. The van der Waals surface area contributed by atoms with Crippen LogP contribution in [0.2, 0.25) is 0 Å². The Balaban J connectivity index is 1.28. The fraction of sp³-hybridized carbons (Fsp3) is 0.591. The SMILES string of the molecule is O=C(NC1[C@@H]2CC[C@H]1CN(C/C=C/c1ccc(F)cc1)C2)C1CCS(=O)(=O)CC1. The van der Waals surface area contributed by atoms with Gasteiger partial charge in [-0.1, -0.05) is 24.3 Å². The van der Waals surface area contributed by atoms with Crippen molar-refractivity contribution in [3.8, 4) is 0 Å². The van der Waals surface area contributed by atoms with Crippen LogP contribution < -0.4 is 5.32 Å². The maximum atomic E-state index is 13.0. The van der Waals surface area contributed by atoms with Crippen LogP contribution in [0.5, 0.6) is 0 Å². The molecule has 0 spiro atoms. The van der Waals surface area contributed by atoms with Crippen molar-refractivity contribution >= 4 is 21.8 Å². The first-order chi connectivity index (χ1) is 13.9. The van der Waals surface area contributed by atoms with Crippen LogP contribution in [0.4, 0.5) is 4.39 Å². The minimum atomic E-state index is -2.94. The largest absolute Gasteiger partial charge is 0.352 e. The number of rotatable bonds is 5. The Labute approximate surface area is 172 Å². The standard InChI is InChI=1S/C22H29FN2O3S/c23-20-7-3-16(4-8-20)2-1-11-25-14-18-5-6-19(15-25)21(18)24-22(26)17-9-12-29(27,28)13-10-17/h1-4,7-8,17-19,21H,5-6,9-15H2,(H,24,26)/b2-1+/t18-,19+,21?. The van der Waals surface area contributed by atoms with Crippen LogP contribution in [0.15, 0.2) is 30.3 Å². The zero-order chi connectivity index (χ0) is 20.4. The number of sulfone groups is 1. The van der Waals surface area contributed by atoms with Crippen molar-refractivity contribution in [1.29, 1.82) is 0 Å². The number of fused-ring (bicyclic) bond motifs is 2. The van der Waals surface area contributed by atoms with E-state index >= 15 is 0 Å². The molecule has 1 N–H and O–H groups in total. The van der Waals surface area contributed by atoms with Gasteiger partial charge < -0.3 is 5.32 Å². The third-order valence-corrected chi connectivity index (χ3v) is 8.40. The number of hydrogen-bond donors (Lipinski definition) is 1. The van der Waals surface area contributed by atoms with Gasteiger partial charge in [0.15, 0.2) is 0 Å². The molecule has 1 aliphatic carbocycles. The second-order valence-electron chi connectivity index (χ2n) is 8.73. The molecule has 1 saturated carbocycles. The Morgan fingerprint density at radius 3 is 2.31 bits per heavy atom. The lowest BCUT2D eigenvalue weighted by atomic mass is 9.91. The normalized spacial score (nSPS) is 29.9. The average molecular weight is 421 g/mol. The van der Waals surface area contributed by atoms with E-state index in [0.29, 0.717) is 24.7 Å². The molecule has 3 fully saturated rings. The topological polar surface area (TPSA) is 66.5 Å². The fourth-order valence-corrected chi connectivity index (χ4v) is 6.54. The van der Waals surface area contributed by atoms with Gasteiger partial charge >= 0.3 is 0 Å². The molecule has 2 saturated heterocycles. The third-order valence-electron chi connectivity index (χ3n) is 6.69. The Hall–Kier alpha value is -1.73. The number of nitrogens with one attached hydrogen (secondary N) is 1. The van der Waals surface area contributed by atoms with Crippen LogP contribution in [0, 0.1) is 23.6 Å². The summed E-state index contributed by atoms with van der Waals surface area (Å²) in [5.41, 5.74) is 0.992. The van der Waals surface area contributed by atoms with Gasteiger partial charge in [0, 0.05) is 31.6 Å². The molecule has 1 aromatic carbocycles. The Morgan fingerprint density at radius 2 is 1.69 bits per heavy atom. The molecule has 3 atom stereocenters. The lowest BCUT2D eigenvalue weighted by Crippen LogP contribution is -2.54. The highest BCUT2D eigenvalue weighted by atomic mass is 32.2. The summed E-state index contributed by atoms with van der Waals surface area (Å²) in [6.45, 7) is 2.79. The van der Waals surface area contributed by atoms with Crippen LogP contribution in [-0.4, -0.2) is 56.4 Å². The minimum Gasteiger partial charge on any atom is -0.352 e. The van der Waals surface area contributed by atoms with E-state index in [1.54, 1.807) is 12.1 Å². The average Bonchev–Trinajstić information content (AvgIpc) is 2.92. The van der Waals surface area contributed by atoms with E-state index in [1.807, 2.05) is 6.08 Å². The van der Waals surface area contributed by atoms with Gasteiger partial charge in [0.1, 0.15) is 15.7 Å². The van der Waals surface area contributed by atoms with Gasteiger partial charge in [-0.15, -0.1) is 0 Å². The zero-order valence-corrected chi connectivity index (χ0v) is 17.4. The highest BCUT2D eigenvalue weighted by Crippen LogP contribution is 2.37. The molecule has 0 aromatic heterocycles.